The number of hydrogen-bond donors (Lipinski definition) is 1. The Morgan fingerprint density at radius 1 is 0.955 bits per heavy atom. The lowest BCUT2D eigenvalue weighted by Gasteiger charge is -2.15. The van der Waals surface area contributed by atoms with Crippen LogP contribution in [0.15, 0.2) is 66.9 Å². The molecule has 1 saturated heterocycles. The fraction of sp³-hybridized carbons (Fsp3) is 0.211. The van der Waals surface area contributed by atoms with E-state index in [1.54, 1.807) is 0 Å². The first kappa shape index (κ1) is 13.3. The highest BCUT2D eigenvalue weighted by Crippen LogP contribution is 2.33. The summed E-state index contributed by atoms with van der Waals surface area (Å²) in [5, 5.41) is 8.17. The summed E-state index contributed by atoms with van der Waals surface area (Å²) in [6.07, 6.45) is 3.17. The molecule has 22 heavy (non-hydrogen) atoms. The Bertz CT molecular complexity index is 684. The van der Waals surface area contributed by atoms with Crippen LogP contribution in [0.4, 0.5) is 0 Å². The molecule has 0 amide bonds. The molecule has 1 unspecified atom stereocenters. The van der Waals surface area contributed by atoms with Gasteiger partial charge in [0.2, 0.25) is 0 Å². The Balaban J connectivity index is 1.87. The number of aromatic nitrogens is 2. The Morgan fingerprint density at radius 2 is 1.68 bits per heavy atom. The minimum atomic E-state index is 0.512. The molecule has 1 aliphatic heterocycles. The van der Waals surface area contributed by atoms with Crippen molar-refractivity contribution < 1.29 is 0 Å². The van der Waals surface area contributed by atoms with Crippen molar-refractivity contribution in [2.45, 2.75) is 12.3 Å². The smallest absolute Gasteiger partial charge is 0.0649 e. The fourth-order valence-electron chi connectivity index (χ4n) is 3.25. The summed E-state index contributed by atoms with van der Waals surface area (Å²) in [6, 6.07) is 21.0. The average molecular weight is 289 g/mol. The van der Waals surface area contributed by atoms with E-state index in [0.29, 0.717) is 5.92 Å². The van der Waals surface area contributed by atoms with Crippen LogP contribution in [0.5, 0.6) is 0 Å². The third kappa shape index (κ3) is 2.34. The second-order valence-corrected chi connectivity index (χ2v) is 5.75. The molecule has 110 valence electrons. The number of hydrogen-bond acceptors (Lipinski definition) is 2. The van der Waals surface area contributed by atoms with Gasteiger partial charge in [-0.15, -0.1) is 0 Å². The van der Waals surface area contributed by atoms with Crippen LogP contribution in [0.25, 0.3) is 16.8 Å². The van der Waals surface area contributed by atoms with Crippen LogP contribution in [0.3, 0.4) is 0 Å². The van der Waals surface area contributed by atoms with E-state index in [4.69, 9.17) is 5.10 Å². The predicted molar refractivity (Wildman–Crippen MR) is 89.2 cm³/mol. The molecule has 0 spiro atoms. The van der Waals surface area contributed by atoms with Gasteiger partial charge in [0.1, 0.15) is 0 Å². The van der Waals surface area contributed by atoms with Gasteiger partial charge in [-0.2, -0.15) is 5.10 Å². The van der Waals surface area contributed by atoms with Crippen molar-refractivity contribution in [3.05, 3.63) is 72.6 Å². The maximum absolute atomic E-state index is 4.70. The highest BCUT2D eigenvalue weighted by atomic mass is 15.3. The van der Waals surface area contributed by atoms with Crippen molar-refractivity contribution in [3.8, 4) is 16.8 Å². The molecule has 1 aliphatic rings. The van der Waals surface area contributed by atoms with Gasteiger partial charge in [0, 0.05) is 18.0 Å². The first-order valence-electron chi connectivity index (χ1n) is 7.83. The largest absolute Gasteiger partial charge is 0.316 e. The van der Waals surface area contributed by atoms with E-state index < -0.39 is 0 Å². The van der Waals surface area contributed by atoms with Crippen molar-refractivity contribution in [1.82, 2.24) is 15.1 Å². The van der Waals surface area contributed by atoms with Crippen LogP contribution in [0.1, 0.15) is 18.0 Å². The van der Waals surface area contributed by atoms with Gasteiger partial charge in [0.05, 0.1) is 17.6 Å². The lowest BCUT2D eigenvalue weighted by molar-refractivity contribution is 0.684. The lowest BCUT2D eigenvalue weighted by atomic mass is 9.96. The summed E-state index contributed by atoms with van der Waals surface area (Å²) in [7, 11) is 0. The maximum atomic E-state index is 4.70. The van der Waals surface area contributed by atoms with Gasteiger partial charge in [-0.05, 0) is 30.7 Å². The van der Waals surface area contributed by atoms with E-state index in [-0.39, 0.29) is 0 Å². The van der Waals surface area contributed by atoms with E-state index in [2.05, 4.69) is 64.6 Å². The van der Waals surface area contributed by atoms with Crippen molar-refractivity contribution in [3.63, 3.8) is 0 Å². The summed E-state index contributed by atoms with van der Waals surface area (Å²) in [4.78, 5) is 0. The molecule has 0 bridgehead atoms. The molecule has 1 atom stereocenters. The SMILES string of the molecule is c1ccc(-c2cnn(-c3ccccc3)c2C2CCNC2)cc1. The van der Waals surface area contributed by atoms with Gasteiger partial charge >= 0.3 is 0 Å². The Morgan fingerprint density at radius 3 is 2.36 bits per heavy atom. The van der Waals surface area contributed by atoms with Crippen LogP contribution < -0.4 is 5.32 Å². The monoisotopic (exact) mass is 289 g/mol. The van der Waals surface area contributed by atoms with Gasteiger partial charge in [0.15, 0.2) is 0 Å². The number of rotatable bonds is 3. The first-order chi connectivity index (χ1) is 10.9. The molecule has 0 aliphatic carbocycles. The minimum absolute atomic E-state index is 0.512. The molecule has 0 radical (unpaired) electrons. The van der Waals surface area contributed by atoms with Crippen LogP contribution in [0, 0.1) is 0 Å². The normalized spacial score (nSPS) is 17.7. The fourth-order valence-corrected chi connectivity index (χ4v) is 3.25. The van der Waals surface area contributed by atoms with Crippen LogP contribution >= 0.6 is 0 Å². The van der Waals surface area contributed by atoms with Crippen molar-refractivity contribution in [2.75, 3.05) is 13.1 Å². The van der Waals surface area contributed by atoms with E-state index in [9.17, 15) is 0 Å². The molecular formula is C19H19N3. The zero-order chi connectivity index (χ0) is 14.8. The number of nitrogens with one attached hydrogen (secondary N) is 1. The molecule has 1 fully saturated rings. The third-order valence-electron chi connectivity index (χ3n) is 4.34. The first-order valence-corrected chi connectivity index (χ1v) is 7.83. The number of para-hydroxylation sites is 1. The molecule has 1 aromatic heterocycles. The minimum Gasteiger partial charge on any atom is -0.316 e. The van der Waals surface area contributed by atoms with Crippen molar-refractivity contribution >= 4 is 0 Å². The highest BCUT2D eigenvalue weighted by molar-refractivity contribution is 5.67. The van der Waals surface area contributed by atoms with Crippen molar-refractivity contribution in [2.24, 2.45) is 0 Å². The predicted octanol–water partition coefficient (Wildman–Crippen LogP) is 3.62. The number of nitrogens with zero attached hydrogens (tertiary/aromatic N) is 2. The van der Waals surface area contributed by atoms with Crippen molar-refractivity contribution in [1.29, 1.82) is 0 Å². The summed E-state index contributed by atoms with van der Waals surface area (Å²) in [5.41, 5.74) is 4.94. The van der Waals surface area contributed by atoms with Gasteiger partial charge in [-0.25, -0.2) is 4.68 Å². The molecule has 3 aromatic rings. The Kier molecular flexibility index (Phi) is 3.49. The van der Waals surface area contributed by atoms with Gasteiger partial charge in [-0.3, -0.25) is 0 Å². The Labute approximate surface area is 130 Å². The third-order valence-corrected chi connectivity index (χ3v) is 4.34. The average Bonchev–Trinajstić information content (AvgIpc) is 3.25. The molecule has 3 nitrogen and oxygen atoms in total. The molecule has 1 N–H and O–H groups in total. The van der Waals surface area contributed by atoms with E-state index in [1.807, 2.05) is 12.3 Å². The summed E-state index contributed by atoms with van der Waals surface area (Å²) in [6.45, 7) is 2.11. The molecule has 3 heteroatoms. The molecular weight excluding hydrogens is 270 g/mol. The quantitative estimate of drug-likeness (QED) is 0.798. The highest BCUT2D eigenvalue weighted by Gasteiger charge is 2.25. The standard InChI is InChI=1S/C19H19N3/c1-3-7-15(8-4-1)18-14-21-22(17-9-5-2-6-10-17)19(18)16-11-12-20-13-16/h1-10,14,16,20H,11-13H2. The zero-order valence-corrected chi connectivity index (χ0v) is 12.4. The van der Waals surface area contributed by atoms with Gasteiger partial charge in [-0.1, -0.05) is 48.5 Å². The van der Waals surface area contributed by atoms with Gasteiger partial charge < -0.3 is 5.32 Å². The van der Waals surface area contributed by atoms with E-state index in [0.717, 1.165) is 18.8 Å². The zero-order valence-electron chi connectivity index (χ0n) is 12.4. The summed E-state index contributed by atoms with van der Waals surface area (Å²) < 4.78 is 2.11. The number of benzene rings is 2. The van der Waals surface area contributed by atoms with Crippen LogP contribution in [-0.4, -0.2) is 22.9 Å². The topological polar surface area (TPSA) is 29.9 Å². The molecule has 2 heterocycles. The second kappa shape index (κ2) is 5.78. The van der Waals surface area contributed by atoms with E-state index >= 15 is 0 Å². The molecule has 4 rings (SSSR count). The lowest BCUT2D eigenvalue weighted by Crippen LogP contribution is -2.12. The second-order valence-electron chi connectivity index (χ2n) is 5.75. The Hall–Kier alpha value is -2.39. The molecule has 0 saturated carbocycles. The summed E-state index contributed by atoms with van der Waals surface area (Å²) >= 11 is 0. The van der Waals surface area contributed by atoms with Gasteiger partial charge in [0.25, 0.3) is 0 Å². The molecule has 2 aromatic carbocycles. The summed E-state index contributed by atoms with van der Waals surface area (Å²) in [5.74, 6) is 0.512. The van der Waals surface area contributed by atoms with Crippen LogP contribution in [0.2, 0.25) is 0 Å². The maximum Gasteiger partial charge on any atom is 0.0649 e. The van der Waals surface area contributed by atoms with E-state index in [1.165, 1.54) is 23.2 Å². The van der Waals surface area contributed by atoms with Crippen LogP contribution in [-0.2, 0) is 0 Å².